The van der Waals surface area contributed by atoms with Crippen molar-refractivity contribution < 1.29 is 14.2 Å². The Balaban J connectivity index is 2.45. The summed E-state index contributed by atoms with van der Waals surface area (Å²) in [6.45, 7) is 0.568. The van der Waals surface area contributed by atoms with Crippen LogP contribution in [0.15, 0.2) is 22.7 Å². The maximum Gasteiger partial charge on any atom is 0.165 e. The van der Waals surface area contributed by atoms with Crippen molar-refractivity contribution in [2.45, 2.75) is 12.8 Å². The molecule has 0 aliphatic rings. The average Bonchev–Trinajstić information content (AvgIpc) is 2.18. The van der Waals surface area contributed by atoms with Crippen LogP contribution in [0.3, 0.4) is 0 Å². The van der Waals surface area contributed by atoms with E-state index in [-0.39, 0.29) is 18.2 Å². The lowest BCUT2D eigenvalue weighted by molar-refractivity contribution is 0.248. The number of aliphatic hydroxyl groups is 1. The first-order valence-electron chi connectivity index (χ1n) is 4.43. The van der Waals surface area contributed by atoms with Crippen molar-refractivity contribution >= 4 is 15.9 Å². The Morgan fingerprint density at radius 3 is 2.86 bits per heavy atom. The second-order valence-corrected chi connectivity index (χ2v) is 3.77. The van der Waals surface area contributed by atoms with E-state index < -0.39 is 0 Å². The van der Waals surface area contributed by atoms with Crippen LogP contribution >= 0.6 is 15.9 Å². The van der Waals surface area contributed by atoms with Crippen LogP contribution in [0.4, 0.5) is 4.39 Å². The molecule has 0 atom stereocenters. The fraction of sp³-hybridized carbons (Fsp3) is 0.400. The van der Waals surface area contributed by atoms with Crippen LogP contribution in [-0.2, 0) is 0 Å². The highest BCUT2D eigenvalue weighted by Gasteiger charge is 2.02. The van der Waals surface area contributed by atoms with Crippen LogP contribution in [0.2, 0.25) is 0 Å². The second kappa shape index (κ2) is 5.98. The lowest BCUT2D eigenvalue weighted by Crippen LogP contribution is -2.00. The Morgan fingerprint density at radius 2 is 2.14 bits per heavy atom. The predicted octanol–water partition coefficient (Wildman–Crippen LogP) is 2.74. The van der Waals surface area contributed by atoms with Gasteiger partial charge in [0.25, 0.3) is 0 Å². The molecular weight excluding hydrogens is 251 g/mol. The number of aliphatic hydroxyl groups excluding tert-OH is 1. The van der Waals surface area contributed by atoms with E-state index in [1.165, 1.54) is 6.07 Å². The first-order chi connectivity index (χ1) is 6.74. The van der Waals surface area contributed by atoms with Gasteiger partial charge in [0.15, 0.2) is 11.6 Å². The molecule has 14 heavy (non-hydrogen) atoms. The third kappa shape index (κ3) is 3.64. The Morgan fingerprint density at radius 1 is 1.36 bits per heavy atom. The molecule has 0 heterocycles. The minimum atomic E-state index is -0.364. The van der Waals surface area contributed by atoms with E-state index in [4.69, 9.17) is 9.84 Å². The van der Waals surface area contributed by atoms with Crippen molar-refractivity contribution in [3.63, 3.8) is 0 Å². The van der Waals surface area contributed by atoms with Crippen molar-refractivity contribution in [1.29, 1.82) is 0 Å². The molecule has 0 saturated carbocycles. The van der Waals surface area contributed by atoms with Gasteiger partial charge in [-0.15, -0.1) is 0 Å². The maximum atomic E-state index is 13.1. The molecule has 4 heteroatoms. The van der Waals surface area contributed by atoms with Gasteiger partial charge in [-0.3, -0.25) is 0 Å². The molecule has 1 aromatic rings. The third-order valence-electron chi connectivity index (χ3n) is 1.70. The van der Waals surface area contributed by atoms with Crippen LogP contribution in [0.25, 0.3) is 0 Å². The Hall–Kier alpha value is -0.610. The predicted molar refractivity (Wildman–Crippen MR) is 55.9 cm³/mol. The molecule has 0 amide bonds. The summed E-state index contributed by atoms with van der Waals surface area (Å²) in [4.78, 5) is 0. The summed E-state index contributed by atoms with van der Waals surface area (Å²) in [5.74, 6) is -0.116. The molecule has 1 aromatic carbocycles. The zero-order valence-corrected chi connectivity index (χ0v) is 9.26. The van der Waals surface area contributed by atoms with Gasteiger partial charge in [0, 0.05) is 11.1 Å². The zero-order valence-electron chi connectivity index (χ0n) is 7.67. The summed E-state index contributed by atoms with van der Waals surface area (Å²) in [6, 6.07) is 4.57. The van der Waals surface area contributed by atoms with Crippen molar-refractivity contribution in [3.8, 4) is 5.75 Å². The Bertz CT molecular complexity index is 291. The van der Waals surface area contributed by atoms with E-state index >= 15 is 0 Å². The lowest BCUT2D eigenvalue weighted by Gasteiger charge is -2.06. The van der Waals surface area contributed by atoms with Gasteiger partial charge < -0.3 is 9.84 Å². The SMILES string of the molecule is OCCCCOc1cc(Br)ccc1F. The molecule has 0 unspecified atom stereocenters. The highest BCUT2D eigenvalue weighted by molar-refractivity contribution is 9.10. The number of rotatable bonds is 5. The van der Waals surface area contributed by atoms with E-state index in [0.29, 0.717) is 13.0 Å². The van der Waals surface area contributed by atoms with Crippen LogP contribution in [0.5, 0.6) is 5.75 Å². The Labute approximate surface area is 90.8 Å². The van der Waals surface area contributed by atoms with Gasteiger partial charge in [0.1, 0.15) is 0 Å². The number of hydrogen-bond donors (Lipinski definition) is 1. The molecule has 0 aromatic heterocycles. The van der Waals surface area contributed by atoms with E-state index in [2.05, 4.69) is 15.9 Å². The standard InChI is InChI=1S/C10H12BrFO2/c11-8-3-4-9(12)10(7-8)14-6-2-1-5-13/h3-4,7,13H,1-2,5-6H2. The zero-order chi connectivity index (χ0) is 10.4. The largest absolute Gasteiger partial charge is 0.490 e. The molecule has 1 N–H and O–H groups in total. The van der Waals surface area contributed by atoms with Gasteiger partial charge in [-0.2, -0.15) is 0 Å². The smallest absolute Gasteiger partial charge is 0.165 e. The molecule has 2 nitrogen and oxygen atoms in total. The fourth-order valence-corrected chi connectivity index (χ4v) is 1.32. The quantitative estimate of drug-likeness (QED) is 0.828. The second-order valence-electron chi connectivity index (χ2n) is 2.85. The molecule has 0 aliphatic carbocycles. The number of hydrogen-bond acceptors (Lipinski definition) is 2. The lowest BCUT2D eigenvalue weighted by atomic mass is 10.3. The van der Waals surface area contributed by atoms with Gasteiger partial charge in [0.05, 0.1) is 6.61 Å². The van der Waals surface area contributed by atoms with Crippen molar-refractivity contribution in [1.82, 2.24) is 0 Å². The van der Waals surface area contributed by atoms with Crippen molar-refractivity contribution in [2.75, 3.05) is 13.2 Å². The van der Waals surface area contributed by atoms with E-state index in [0.717, 1.165) is 10.9 Å². The monoisotopic (exact) mass is 262 g/mol. The normalized spacial score (nSPS) is 10.2. The average molecular weight is 263 g/mol. The maximum absolute atomic E-state index is 13.1. The van der Waals surface area contributed by atoms with Crippen LogP contribution in [-0.4, -0.2) is 18.3 Å². The third-order valence-corrected chi connectivity index (χ3v) is 2.20. The van der Waals surface area contributed by atoms with Gasteiger partial charge in [-0.25, -0.2) is 4.39 Å². The summed E-state index contributed by atoms with van der Waals surface area (Å²) in [7, 11) is 0. The highest BCUT2D eigenvalue weighted by Crippen LogP contribution is 2.22. The van der Waals surface area contributed by atoms with Crippen LogP contribution in [0.1, 0.15) is 12.8 Å². The van der Waals surface area contributed by atoms with Gasteiger partial charge in [-0.05, 0) is 31.0 Å². The number of unbranched alkanes of at least 4 members (excludes halogenated alkanes) is 1. The van der Waals surface area contributed by atoms with Crippen molar-refractivity contribution in [3.05, 3.63) is 28.5 Å². The van der Waals surface area contributed by atoms with Crippen LogP contribution in [0, 0.1) is 5.82 Å². The van der Waals surface area contributed by atoms with Crippen molar-refractivity contribution in [2.24, 2.45) is 0 Å². The van der Waals surface area contributed by atoms with E-state index in [1.807, 2.05) is 0 Å². The molecule has 0 fully saturated rings. The summed E-state index contributed by atoms with van der Waals surface area (Å²) >= 11 is 3.23. The molecule has 0 aliphatic heterocycles. The molecule has 0 saturated heterocycles. The topological polar surface area (TPSA) is 29.5 Å². The van der Waals surface area contributed by atoms with E-state index in [1.54, 1.807) is 12.1 Å². The van der Waals surface area contributed by atoms with E-state index in [9.17, 15) is 4.39 Å². The molecule has 78 valence electrons. The fourth-order valence-electron chi connectivity index (χ4n) is 0.984. The minimum Gasteiger partial charge on any atom is -0.490 e. The molecular formula is C10H12BrFO2. The number of benzene rings is 1. The summed E-state index contributed by atoms with van der Waals surface area (Å²) in [5.41, 5.74) is 0. The molecule has 0 radical (unpaired) electrons. The van der Waals surface area contributed by atoms with Crippen LogP contribution < -0.4 is 4.74 Å². The number of halogens is 2. The first-order valence-corrected chi connectivity index (χ1v) is 5.22. The Kier molecular flexibility index (Phi) is 4.90. The number of ether oxygens (including phenoxy) is 1. The molecule has 0 bridgehead atoms. The molecule has 0 spiro atoms. The van der Waals surface area contributed by atoms with Gasteiger partial charge >= 0.3 is 0 Å². The first kappa shape index (κ1) is 11.5. The molecule has 1 rings (SSSR count). The summed E-state index contributed by atoms with van der Waals surface area (Å²) in [5, 5.41) is 8.53. The van der Waals surface area contributed by atoms with Gasteiger partial charge in [0.2, 0.25) is 0 Å². The summed E-state index contributed by atoms with van der Waals surface area (Å²) < 4.78 is 19.1. The highest BCUT2D eigenvalue weighted by atomic mass is 79.9. The van der Waals surface area contributed by atoms with Gasteiger partial charge in [-0.1, -0.05) is 15.9 Å². The minimum absolute atomic E-state index is 0.143. The summed E-state index contributed by atoms with van der Waals surface area (Å²) in [6.07, 6.45) is 1.40.